The molecule has 0 aliphatic rings. The maximum absolute atomic E-state index is 6.41. The monoisotopic (exact) mass is 301 g/mol. The predicted molar refractivity (Wildman–Crippen MR) is 84.2 cm³/mol. The molecule has 3 rings (SSSR count). The van der Waals surface area contributed by atoms with E-state index in [2.05, 4.69) is 10.1 Å². The summed E-state index contributed by atoms with van der Waals surface area (Å²) >= 11 is 6.41. The molecule has 0 aliphatic carbocycles. The fraction of sp³-hybridized carbons (Fsp3) is 0.250. The summed E-state index contributed by atoms with van der Waals surface area (Å²) in [5.74, 6) is 0.798. The van der Waals surface area contributed by atoms with E-state index in [9.17, 15) is 0 Å². The van der Waals surface area contributed by atoms with Crippen LogP contribution in [0.4, 0.5) is 0 Å². The van der Waals surface area contributed by atoms with Crippen LogP contribution in [0, 0.1) is 20.8 Å². The molecule has 3 aromatic rings. The van der Waals surface area contributed by atoms with Gasteiger partial charge in [-0.15, -0.1) is 0 Å². The van der Waals surface area contributed by atoms with Crippen LogP contribution in [0.25, 0.3) is 16.8 Å². The van der Waals surface area contributed by atoms with E-state index in [1.165, 1.54) is 0 Å². The highest BCUT2D eigenvalue weighted by Gasteiger charge is 2.19. The van der Waals surface area contributed by atoms with Crippen molar-refractivity contribution in [1.82, 2.24) is 14.6 Å². The van der Waals surface area contributed by atoms with Crippen LogP contribution in [0.1, 0.15) is 17.0 Å². The Morgan fingerprint density at radius 2 is 1.81 bits per heavy atom. The van der Waals surface area contributed by atoms with Gasteiger partial charge in [0, 0.05) is 16.8 Å². The van der Waals surface area contributed by atoms with Crippen molar-refractivity contribution >= 4 is 17.2 Å². The maximum atomic E-state index is 6.41. The minimum absolute atomic E-state index is 0.599. The molecule has 1 aromatic carbocycles. The van der Waals surface area contributed by atoms with Crippen LogP contribution in [-0.2, 0) is 0 Å². The fourth-order valence-electron chi connectivity index (χ4n) is 2.47. The van der Waals surface area contributed by atoms with Gasteiger partial charge in [0.2, 0.25) is 0 Å². The topological polar surface area (TPSA) is 39.4 Å². The lowest BCUT2D eigenvalue weighted by molar-refractivity contribution is 0.416. The zero-order valence-corrected chi connectivity index (χ0v) is 13.2. The molecule has 0 saturated heterocycles. The van der Waals surface area contributed by atoms with E-state index in [4.69, 9.17) is 16.3 Å². The number of fused-ring (bicyclic) bond motifs is 1. The standard InChI is InChI=1S/C16H16ClN3O/c1-9-10(2)18-16-14(11(3)19-20(16)15(9)17)12-7-5-6-8-13(12)21-4/h5-8H,1-4H3. The summed E-state index contributed by atoms with van der Waals surface area (Å²) in [6, 6.07) is 7.86. The van der Waals surface area contributed by atoms with Crippen LogP contribution in [-0.4, -0.2) is 21.7 Å². The van der Waals surface area contributed by atoms with E-state index in [1.54, 1.807) is 11.6 Å². The first-order valence-corrected chi connectivity index (χ1v) is 7.07. The summed E-state index contributed by atoms with van der Waals surface area (Å²) in [4.78, 5) is 4.67. The van der Waals surface area contributed by atoms with E-state index in [1.807, 2.05) is 45.0 Å². The van der Waals surface area contributed by atoms with Crippen molar-refractivity contribution in [3.8, 4) is 16.9 Å². The highest BCUT2D eigenvalue weighted by Crippen LogP contribution is 2.35. The van der Waals surface area contributed by atoms with Crippen LogP contribution in [0.3, 0.4) is 0 Å². The van der Waals surface area contributed by atoms with Crippen molar-refractivity contribution < 1.29 is 4.74 Å². The number of methoxy groups -OCH3 is 1. The molecule has 0 bridgehead atoms. The lowest BCUT2D eigenvalue weighted by atomic mass is 10.0. The minimum Gasteiger partial charge on any atom is -0.496 e. The SMILES string of the molecule is COc1ccccc1-c1c(C)nn2c(Cl)c(C)c(C)nc12. The molecule has 0 spiro atoms. The van der Waals surface area contributed by atoms with Crippen molar-refractivity contribution in [2.45, 2.75) is 20.8 Å². The number of halogens is 1. The van der Waals surface area contributed by atoms with E-state index in [-0.39, 0.29) is 0 Å². The highest BCUT2D eigenvalue weighted by atomic mass is 35.5. The molecule has 4 nitrogen and oxygen atoms in total. The quantitative estimate of drug-likeness (QED) is 0.672. The Labute approximate surface area is 128 Å². The molecule has 2 heterocycles. The molecule has 0 N–H and O–H groups in total. The Kier molecular flexibility index (Phi) is 3.33. The molecule has 108 valence electrons. The number of nitrogens with zero attached hydrogens (tertiary/aromatic N) is 3. The lowest BCUT2D eigenvalue weighted by Crippen LogP contribution is -1.99. The van der Waals surface area contributed by atoms with Gasteiger partial charge in [-0.2, -0.15) is 5.10 Å². The molecule has 2 aromatic heterocycles. The summed E-state index contributed by atoms with van der Waals surface area (Å²) < 4.78 is 7.15. The molecule has 5 heteroatoms. The third kappa shape index (κ3) is 2.07. The molecule has 0 aliphatic heterocycles. The van der Waals surface area contributed by atoms with Crippen LogP contribution in [0.2, 0.25) is 5.15 Å². The molecular weight excluding hydrogens is 286 g/mol. The van der Waals surface area contributed by atoms with Crippen LogP contribution in [0.5, 0.6) is 5.75 Å². The molecule has 0 fully saturated rings. The van der Waals surface area contributed by atoms with Crippen molar-refractivity contribution in [1.29, 1.82) is 0 Å². The van der Waals surface area contributed by atoms with Crippen molar-refractivity contribution in [2.75, 3.05) is 7.11 Å². The highest BCUT2D eigenvalue weighted by molar-refractivity contribution is 6.30. The normalized spacial score (nSPS) is 11.1. The second kappa shape index (κ2) is 5.04. The van der Waals surface area contributed by atoms with Gasteiger partial charge in [-0.25, -0.2) is 9.50 Å². The Morgan fingerprint density at radius 3 is 2.52 bits per heavy atom. The number of hydrogen-bond acceptors (Lipinski definition) is 3. The largest absolute Gasteiger partial charge is 0.496 e. The number of ether oxygens (including phenoxy) is 1. The predicted octanol–water partition coefficient (Wildman–Crippen LogP) is 3.98. The zero-order chi connectivity index (χ0) is 15.1. The average molecular weight is 302 g/mol. The molecule has 0 atom stereocenters. The third-order valence-electron chi connectivity index (χ3n) is 3.72. The number of para-hydroxylation sites is 1. The summed E-state index contributed by atoms with van der Waals surface area (Å²) in [6.45, 7) is 5.86. The first-order valence-electron chi connectivity index (χ1n) is 6.70. The molecule has 0 radical (unpaired) electrons. The number of hydrogen-bond donors (Lipinski definition) is 0. The van der Waals surface area contributed by atoms with Crippen LogP contribution in [0.15, 0.2) is 24.3 Å². The maximum Gasteiger partial charge on any atom is 0.165 e. The summed E-state index contributed by atoms with van der Waals surface area (Å²) in [7, 11) is 1.66. The molecule has 0 amide bonds. The van der Waals surface area contributed by atoms with Crippen molar-refractivity contribution in [2.24, 2.45) is 0 Å². The van der Waals surface area contributed by atoms with Gasteiger partial charge >= 0.3 is 0 Å². The molecule has 0 unspecified atom stereocenters. The lowest BCUT2D eigenvalue weighted by Gasteiger charge is -2.09. The minimum atomic E-state index is 0.599. The first kappa shape index (κ1) is 13.9. The van der Waals surface area contributed by atoms with Gasteiger partial charge in [0.1, 0.15) is 10.9 Å². The first-order chi connectivity index (χ1) is 10.0. The Hall–Kier alpha value is -2.07. The Morgan fingerprint density at radius 1 is 1.10 bits per heavy atom. The van der Waals surface area contributed by atoms with Gasteiger partial charge in [-0.3, -0.25) is 0 Å². The van der Waals surface area contributed by atoms with Crippen molar-refractivity contribution in [3.05, 3.63) is 46.4 Å². The Bertz CT molecular complexity index is 839. The zero-order valence-electron chi connectivity index (χ0n) is 12.4. The van der Waals surface area contributed by atoms with E-state index in [0.717, 1.165) is 39.5 Å². The van der Waals surface area contributed by atoms with E-state index < -0.39 is 0 Å². The smallest absolute Gasteiger partial charge is 0.165 e. The fourth-order valence-corrected chi connectivity index (χ4v) is 2.73. The molecular formula is C16H16ClN3O. The number of aryl methyl sites for hydroxylation is 2. The van der Waals surface area contributed by atoms with Gasteiger partial charge < -0.3 is 4.74 Å². The summed E-state index contributed by atoms with van der Waals surface area (Å²) in [5, 5.41) is 5.13. The Balaban J connectivity index is 2.41. The summed E-state index contributed by atoms with van der Waals surface area (Å²) in [5.41, 5.74) is 5.41. The average Bonchev–Trinajstić information content (AvgIpc) is 2.81. The van der Waals surface area contributed by atoms with Crippen molar-refractivity contribution in [3.63, 3.8) is 0 Å². The molecule has 21 heavy (non-hydrogen) atoms. The van der Waals surface area contributed by atoms with Gasteiger partial charge in [-0.1, -0.05) is 29.8 Å². The second-order valence-corrected chi connectivity index (χ2v) is 5.37. The number of benzene rings is 1. The van der Waals surface area contributed by atoms with Crippen LogP contribution < -0.4 is 4.74 Å². The second-order valence-electron chi connectivity index (χ2n) is 5.01. The molecule has 0 saturated carbocycles. The van der Waals surface area contributed by atoms with Gasteiger partial charge in [-0.05, 0) is 26.8 Å². The number of aromatic nitrogens is 3. The van der Waals surface area contributed by atoms with E-state index in [0.29, 0.717) is 5.15 Å². The third-order valence-corrected chi connectivity index (χ3v) is 4.17. The van der Waals surface area contributed by atoms with Crippen LogP contribution >= 0.6 is 11.6 Å². The number of rotatable bonds is 2. The van der Waals surface area contributed by atoms with Gasteiger partial charge in [0.05, 0.1) is 18.4 Å². The van der Waals surface area contributed by atoms with E-state index >= 15 is 0 Å². The van der Waals surface area contributed by atoms with Gasteiger partial charge in [0.15, 0.2) is 5.65 Å². The van der Waals surface area contributed by atoms with Gasteiger partial charge in [0.25, 0.3) is 0 Å². The summed E-state index contributed by atoms with van der Waals surface area (Å²) in [6.07, 6.45) is 0.